The molecule has 1 saturated heterocycles. The zero-order valence-electron chi connectivity index (χ0n) is 9.66. The first-order chi connectivity index (χ1) is 7.71. The summed E-state index contributed by atoms with van der Waals surface area (Å²) >= 11 is 0. The molecule has 5 nitrogen and oxygen atoms in total. The van der Waals surface area contributed by atoms with Crippen molar-refractivity contribution in [2.45, 2.75) is 30.8 Å². The van der Waals surface area contributed by atoms with Crippen molar-refractivity contribution in [3.8, 4) is 0 Å². The van der Waals surface area contributed by atoms with Crippen molar-refractivity contribution in [2.24, 2.45) is 5.92 Å². The largest absolute Gasteiger partial charge is 0.394 e. The molecule has 92 valence electrons. The van der Waals surface area contributed by atoms with Gasteiger partial charge < -0.3 is 20.5 Å². The highest BCUT2D eigenvalue weighted by Crippen LogP contribution is 2.31. The number of hydrogen-bond donors (Lipinski definition) is 3. The zero-order valence-corrected chi connectivity index (χ0v) is 9.66. The van der Waals surface area contributed by atoms with Crippen LogP contribution < -0.4 is 10.6 Å². The molecule has 2 atom stereocenters. The lowest BCUT2D eigenvalue weighted by Crippen LogP contribution is -2.59. The molecule has 2 aliphatic rings. The summed E-state index contributed by atoms with van der Waals surface area (Å²) in [6.07, 6.45) is 2.84. The van der Waals surface area contributed by atoms with Crippen molar-refractivity contribution in [2.75, 3.05) is 26.9 Å². The van der Waals surface area contributed by atoms with E-state index in [1.54, 1.807) is 0 Å². The van der Waals surface area contributed by atoms with Crippen molar-refractivity contribution >= 4 is 5.91 Å². The van der Waals surface area contributed by atoms with Crippen molar-refractivity contribution in [1.29, 1.82) is 0 Å². The highest BCUT2D eigenvalue weighted by atomic mass is 16.5. The number of aliphatic hydroxyl groups is 1. The van der Waals surface area contributed by atoms with Gasteiger partial charge in [0.1, 0.15) is 0 Å². The second-order valence-electron chi connectivity index (χ2n) is 4.82. The van der Waals surface area contributed by atoms with E-state index in [1.807, 2.05) is 7.05 Å². The van der Waals surface area contributed by atoms with Crippen LogP contribution in [0.15, 0.2) is 0 Å². The average molecular weight is 228 g/mol. The van der Waals surface area contributed by atoms with Crippen LogP contribution in [0.4, 0.5) is 0 Å². The molecule has 16 heavy (non-hydrogen) atoms. The first-order valence-electron chi connectivity index (χ1n) is 5.89. The predicted molar refractivity (Wildman–Crippen MR) is 59.0 cm³/mol. The van der Waals surface area contributed by atoms with Gasteiger partial charge in [0.15, 0.2) is 0 Å². The van der Waals surface area contributed by atoms with Gasteiger partial charge in [-0.15, -0.1) is 0 Å². The van der Waals surface area contributed by atoms with Crippen LogP contribution >= 0.6 is 0 Å². The van der Waals surface area contributed by atoms with E-state index in [-0.39, 0.29) is 30.0 Å². The minimum absolute atomic E-state index is 0.00519. The van der Waals surface area contributed by atoms with Crippen molar-refractivity contribution < 1.29 is 14.6 Å². The van der Waals surface area contributed by atoms with Gasteiger partial charge in [0.05, 0.1) is 31.3 Å². The van der Waals surface area contributed by atoms with Crippen LogP contribution in [0, 0.1) is 5.92 Å². The normalized spacial score (nSPS) is 32.1. The fourth-order valence-corrected chi connectivity index (χ4v) is 2.38. The molecule has 0 aromatic rings. The predicted octanol–water partition coefficient (Wildman–Crippen LogP) is -0.748. The van der Waals surface area contributed by atoms with Gasteiger partial charge in [-0.1, -0.05) is 0 Å². The number of carbonyl (C=O) groups excluding carboxylic acids is 1. The molecule has 5 heteroatoms. The Kier molecular flexibility index (Phi) is 3.47. The lowest BCUT2D eigenvalue weighted by atomic mass is 9.77. The zero-order chi connectivity index (χ0) is 11.6. The fourth-order valence-electron chi connectivity index (χ4n) is 2.38. The van der Waals surface area contributed by atoms with E-state index >= 15 is 0 Å². The van der Waals surface area contributed by atoms with Gasteiger partial charge >= 0.3 is 0 Å². The van der Waals surface area contributed by atoms with Crippen LogP contribution in [-0.2, 0) is 9.53 Å². The summed E-state index contributed by atoms with van der Waals surface area (Å²) in [4.78, 5) is 12.0. The molecule has 1 heterocycles. The number of carbonyl (C=O) groups is 1. The van der Waals surface area contributed by atoms with Gasteiger partial charge in [0.25, 0.3) is 0 Å². The molecule has 2 unspecified atom stereocenters. The van der Waals surface area contributed by atoms with E-state index in [4.69, 9.17) is 4.74 Å². The number of hydrogen-bond acceptors (Lipinski definition) is 4. The van der Waals surface area contributed by atoms with Crippen molar-refractivity contribution in [3.63, 3.8) is 0 Å². The summed E-state index contributed by atoms with van der Waals surface area (Å²) in [5.74, 6) is -0.125. The van der Waals surface area contributed by atoms with Crippen LogP contribution in [0.3, 0.4) is 0 Å². The molecule has 1 aliphatic carbocycles. The summed E-state index contributed by atoms with van der Waals surface area (Å²) < 4.78 is 5.30. The van der Waals surface area contributed by atoms with Crippen LogP contribution in [0.1, 0.15) is 19.3 Å². The van der Waals surface area contributed by atoms with Crippen molar-refractivity contribution in [3.05, 3.63) is 0 Å². The maximum Gasteiger partial charge on any atom is 0.227 e. The first kappa shape index (κ1) is 11.8. The second-order valence-corrected chi connectivity index (χ2v) is 4.82. The quantitative estimate of drug-likeness (QED) is 0.592. The molecule has 2 rings (SSSR count). The Hall–Kier alpha value is -0.650. The number of ether oxygens (including phenoxy) is 1. The molecule has 0 aromatic heterocycles. The summed E-state index contributed by atoms with van der Waals surface area (Å²) in [5.41, 5.74) is -0.349. The molecule has 3 N–H and O–H groups in total. The standard InChI is InChI=1S/C11H20N2O3/c1-12-9-6-16-5-8(9)10(15)13-11(7-14)3-2-4-11/h8-9,12,14H,2-7H2,1H3,(H,13,15). The van der Waals surface area contributed by atoms with Gasteiger partial charge in [-0.25, -0.2) is 0 Å². The van der Waals surface area contributed by atoms with E-state index in [2.05, 4.69) is 10.6 Å². The third-order valence-electron chi connectivity index (χ3n) is 3.79. The summed E-state index contributed by atoms with van der Waals surface area (Å²) in [6, 6.07) is 0.0934. The lowest BCUT2D eigenvalue weighted by Gasteiger charge is -2.41. The van der Waals surface area contributed by atoms with Gasteiger partial charge in [-0.05, 0) is 26.3 Å². The smallest absolute Gasteiger partial charge is 0.227 e. The van der Waals surface area contributed by atoms with E-state index in [0.717, 1.165) is 19.3 Å². The monoisotopic (exact) mass is 228 g/mol. The molecular formula is C11H20N2O3. The van der Waals surface area contributed by atoms with Crippen LogP contribution in [0.25, 0.3) is 0 Å². The Morgan fingerprint density at radius 1 is 1.50 bits per heavy atom. The molecule has 0 radical (unpaired) electrons. The molecule has 1 amide bonds. The van der Waals surface area contributed by atoms with Crippen LogP contribution in [0.2, 0.25) is 0 Å². The molecule has 0 aromatic carbocycles. The van der Waals surface area contributed by atoms with E-state index in [0.29, 0.717) is 13.2 Å². The molecular weight excluding hydrogens is 208 g/mol. The minimum atomic E-state index is -0.349. The van der Waals surface area contributed by atoms with Gasteiger partial charge in [-0.3, -0.25) is 4.79 Å². The SMILES string of the molecule is CNC1COCC1C(=O)NC1(CO)CCC1. The number of amides is 1. The molecule has 0 bridgehead atoms. The Morgan fingerprint density at radius 3 is 2.75 bits per heavy atom. The maximum atomic E-state index is 12.0. The first-order valence-corrected chi connectivity index (χ1v) is 5.89. The third-order valence-corrected chi connectivity index (χ3v) is 3.79. The van der Waals surface area contributed by atoms with Gasteiger partial charge in [0, 0.05) is 6.04 Å². The van der Waals surface area contributed by atoms with Gasteiger partial charge in [-0.2, -0.15) is 0 Å². The third kappa shape index (κ3) is 2.07. The summed E-state index contributed by atoms with van der Waals surface area (Å²) in [7, 11) is 1.84. The topological polar surface area (TPSA) is 70.6 Å². The number of aliphatic hydroxyl groups excluding tert-OH is 1. The Bertz CT molecular complexity index is 260. The Labute approximate surface area is 95.5 Å². The molecule has 1 aliphatic heterocycles. The minimum Gasteiger partial charge on any atom is -0.394 e. The molecule has 0 spiro atoms. The molecule has 2 fully saturated rings. The molecule has 1 saturated carbocycles. The van der Waals surface area contributed by atoms with Crippen LogP contribution in [-0.4, -0.2) is 49.5 Å². The number of nitrogens with one attached hydrogen (secondary N) is 2. The summed E-state index contributed by atoms with van der Waals surface area (Å²) in [6.45, 7) is 1.09. The summed E-state index contributed by atoms with van der Waals surface area (Å²) in [5, 5.41) is 15.4. The van der Waals surface area contributed by atoms with Crippen molar-refractivity contribution in [1.82, 2.24) is 10.6 Å². The fraction of sp³-hybridized carbons (Fsp3) is 0.909. The van der Waals surface area contributed by atoms with E-state index in [1.165, 1.54) is 0 Å². The van der Waals surface area contributed by atoms with Gasteiger partial charge in [0.2, 0.25) is 5.91 Å². The second kappa shape index (κ2) is 4.69. The number of rotatable bonds is 4. The van der Waals surface area contributed by atoms with Crippen LogP contribution in [0.5, 0.6) is 0 Å². The number of likely N-dealkylation sites (N-methyl/N-ethyl adjacent to an activating group) is 1. The average Bonchev–Trinajstić information content (AvgIpc) is 2.71. The highest BCUT2D eigenvalue weighted by molar-refractivity contribution is 5.80. The highest BCUT2D eigenvalue weighted by Gasteiger charge is 2.41. The maximum absolute atomic E-state index is 12.0. The lowest BCUT2D eigenvalue weighted by molar-refractivity contribution is -0.129. The van der Waals surface area contributed by atoms with E-state index < -0.39 is 0 Å². The van der Waals surface area contributed by atoms with E-state index in [9.17, 15) is 9.90 Å². The Balaban J connectivity index is 1.92. The Morgan fingerprint density at radius 2 is 2.25 bits per heavy atom.